The van der Waals surface area contributed by atoms with Crippen LogP contribution >= 0.6 is 0 Å². The first-order valence-electron chi connectivity index (χ1n) is 10.7. The highest BCUT2D eigenvalue weighted by Crippen LogP contribution is 2.20. The first-order valence-corrected chi connectivity index (χ1v) is 10.7. The van der Waals surface area contributed by atoms with Crippen molar-refractivity contribution in [3.63, 3.8) is 0 Å². The standard InChI is InChI=1S/C24H29F3N2O3/c1-16(2)14-31-15-21(30)12-29(11-18-5-8-20(26)9-23(18)27)13-22-10-24(28-32-22)17-3-6-19(25)7-4-17/h3-9,16,21-22,30H,10-15H2,1-2H3/t21-,22+/m0/s1. The number of benzene rings is 2. The van der Waals surface area contributed by atoms with Gasteiger partial charge in [0.25, 0.3) is 0 Å². The maximum Gasteiger partial charge on any atom is 0.145 e. The Morgan fingerprint density at radius 3 is 2.50 bits per heavy atom. The third-order valence-corrected chi connectivity index (χ3v) is 5.01. The SMILES string of the molecule is CC(C)COC[C@@H](O)CN(Cc1ccc(F)cc1F)C[C@H]1CC(c2ccc(F)cc2)=NO1. The molecule has 5 nitrogen and oxygen atoms in total. The summed E-state index contributed by atoms with van der Waals surface area (Å²) < 4.78 is 46.2. The van der Waals surface area contributed by atoms with Gasteiger partial charge in [0.05, 0.1) is 18.4 Å². The van der Waals surface area contributed by atoms with E-state index in [1.807, 2.05) is 18.7 Å². The Bertz CT molecular complexity index is 906. The van der Waals surface area contributed by atoms with E-state index in [0.29, 0.717) is 36.8 Å². The molecule has 0 amide bonds. The highest BCUT2D eigenvalue weighted by atomic mass is 19.1. The number of halogens is 3. The number of oxime groups is 1. The van der Waals surface area contributed by atoms with Gasteiger partial charge in [0.2, 0.25) is 0 Å². The molecule has 2 aromatic rings. The van der Waals surface area contributed by atoms with Crippen molar-refractivity contribution in [3.05, 3.63) is 71.0 Å². The van der Waals surface area contributed by atoms with Crippen LogP contribution in [-0.2, 0) is 16.1 Å². The van der Waals surface area contributed by atoms with Gasteiger partial charge in [-0.3, -0.25) is 4.90 Å². The van der Waals surface area contributed by atoms with Crippen LogP contribution in [0.15, 0.2) is 47.6 Å². The van der Waals surface area contributed by atoms with Gasteiger partial charge >= 0.3 is 0 Å². The zero-order chi connectivity index (χ0) is 23.1. The van der Waals surface area contributed by atoms with E-state index < -0.39 is 17.7 Å². The summed E-state index contributed by atoms with van der Waals surface area (Å²) in [6.45, 7) is 5.48. The highest BCUT2D eigenvalue weighted by molar-refractivity contribution is 6.01. The molecule has 0 saturated carbocycles. The number of hydrogen-bond donors (Lipinski definition) is 1. The number of rotatable bonds is 11. The molecule has 1 heterocycles. The lowest BCUT2D eigenvalue weighted by atomic mass is 10.0. The van der Waals surface area contributed by atoms with Crippen molar-refractivity contribution in [2.75, 3.05) is 26.3 Å². The Morgan fingerprint density at radius 2 is 1.81 bits per heavy atom. The van der Waals surface area contributed by atoms with Crippen molar-refractivity contribution < 1.29 is 27.9 Å². The molecule has 0 radical (unpaired) electrons. The smallest absolute Gasteiger partial charge is 0.145 e. The maximum atomic E-state index is 14.2. The van der Waals surface area contributed by atoms with Crippen molar-refractivity contribution in [1.29, 1.82) is 0 Å². The summed E-state index contributed by atoms with van der Waals surface area (Å²) >= 11 is 0. The minimum absolute atomic E-state index is 0.156. The fourth-order valence-electron chi connectivity index (χ4n) is 3.51. The lowest BCUT2D eigenvalue weighted by Crippen LogP contribution is -2.39. The van der Waals surface area contributed by atoms with E-state index in [9.17, 15) is 18.3 Å². The number of nitrogens with zero attached hydrogens (tertiary/aromatic N) is 2. The van der Waals surface area contributed by atoms with Crippen LogP contribution in [0.25, 0.3) is 0 Å². The number of aliphatic hydroxyl groups is 1. The van der Waals surface area contributed by atoms with E-state index in [2.05, 4.69) is 5.16 Å². The van der Waals surface area contributed by atoms with Crippen molar-refractivity contribution in [1.82, 2.24) is 4.90 Å². The zero-order valence-corrected chi connectivity index (χ0v) is 18.3. The molecule has 0 spiro atoms. The Balaban J connectivity index is 1.63. The van der Waals surface area contributed by atoms with Gasteiger partial charge in [-0.15, -0.1) is 0 Å². The monoisotopic (exact) mass is 450 g/mol. The van der Waals surface area contributed by atoms with Gasteiger partial charge in [-0.1, -0.05) is 37.2 Å². The van der Waals surface area contributed by atoms with E-state index in [1.54, 1.807) is 12.1 Å². The van der Waals surface area contributed by atoms with Gasteiger partial charge in [-0.05, 0) is 29.7 Å². The zero-order valence-electron chi connectivity index (χ0n) is 18.3. The molecule has 2 atom stereocenters. The Morgan fingerprint density at radius 1 is 1.09 bits per heavy atom. The second-order valence-corrected chi connectivity index (χ2v) is 8.49. The molecule has 0 fully saturated rings. The van der Waals surface area contributed by atoms with Gasteiger partial charge in [0, 0.05) is 44.3 Å². The van der Waals surface area contributed by atoms with Crippen molar-refractivity contribution >= 4 is 5.71 Å². The fraction of sp³-hybridized carbons (Fsp3) is 0.458. The quantitative estimate of drug-likeness (QED) is 0.559. The third-order valence-electron chi connectivity index (χ3n) is 5.01. The third kappa shape index (κ3) is 7.32. The van der Waals surface area contributed by atoms with Crippen LogP contribution < -0.4 is 0 Å². The lowest BCUT2D eigenvalue weighted by Gasteiger charge is -2.27. The van der Waals surface area contributed by atoms with Crippen LogP contribution in [0.3, 0.4) is 0 Å². The van der Waals surface area contributed by atoms with Crippen molar-refractivity contribution in [2.24, 2.45) is 11.1 Å². The Labute approximate surface area is 186 Å². The van der Waals surface area contributed by atoms with Gasteiger partial charge in [-0.2, -0.15) is 0 Å². The van der Waals surface area contributed by atoms with Gasteiger partial charge in [-0.25, -0.2) is 13.2 Å². The van der Waals surface area contributed by atoms with E-state index in [-0.39, 0.29) is 31.6 Å². The molecule has 1 N–H and O–H groups in total. The van der Waals surface area contributed by atoms with E-state index in [4.69, 9.17) is 9.57 Å². The molecule has 0 unspecified atom stereocenters. The first kappa shape index (κ1) is 24.2. The van der Waals surface area contributed by atoms with Gasteiger partial charge < -0.3 is 14.7 Å². The first-order chi connectivity index (χ1) is 15.3. The largest absolute Gasteiger partial charge is 0.390 e. The molecule has 1 aliphatic heterocycles. The maximum absolute atomic E-state index is 14.2. The molecule has 0 saturated heterocycles. The Kier molecular flexibility index (Phi) is 8.67. The molecule has 32 heavy (non-hydrogen) atoms. The van der Waals surface area contributed by atoms with Crippen LogP contribution in [-0.4, -0.2) is 54.2 Å². The van der Waals surface area contributed by atoms with Crippen LogP contribution in [0.5, 0.6) is 0 Å². The predicted octanol–water partition coefficient (Wildman–Crippen LogP) is 4.13. The summed E-state index contributed by atoms with van der Waals surface area (Å²) in [7, 11) is 0. The topological polar surface area (TPSA) is 54.3 Å². The van der Waals surface area contributed by atoms with Crippen LogP contribution in [0.2, 0.25) is 0 Å². The number of aliphatic hydroxyl groups excluding tert-OH is 1. The molecule has 0 bridgehead atoms. The second-order valence-electron chi connectivity index (χ2n) is 8.49. The highest BCUT2D eigenvalue weighted by Gasteiger charge is 2.26. The molecule has 174 valence electrons. The lowest BCUT2D eigenvalue weighted by molar-refractivity contribution is -0.00756. The second kappa shape index (κ2) is 11.4. The van der Waals surface area contributed by atoms with Crippen molar-refractivity contribution in [2.45, 2.75) is 39.0 Å². The molecule has 8 heteroatoms. The Hall–Kier alpha value is -2.42. The van der Waals surface area contributed by atoms with Crippen LogP contribution in [0, 0.1) is 23.4 Å². The van der Waals surface area contributed by atoms with E-state index in [0.717, 1.165) is 11.6 Å². The molecule has 3 rings (SSSR count). The predicted molar refractivity (Wildman–Crippen MR) is 116 cm³/mol. The normalized spacial score (nSPS) is 17.0. The molecule has 1 aliphatic rings. The molecule has 0 aliphatic carbocycles. The summed E-state index contributed by atoms with van der Waals surface area (Å²) in [5.41, 5.74) is 1.79. The average molecular weight is 451 g/mol. The number of ether oxygens (including phenoxy) is 1. The number of hydrogen-bond acceptors (Lipinski definition) is 5. The van der Waals surface area contributed by atoms with E-state index in [1.165, 1.54) is 24.3 Å². The van der Waals surface area contributed by atoms with E-state index >= 15 is 0 Å². The van der Waals surface area contributed by atoms with Crippen molar-refractivity contribution in [3.8, 4) is 0 Å². The minimum Gasteiger partial charge on any atom is -0.390 e. The summed E-state index contributed by atoms with van der Waals surface area (Å²) in [6.07, 6.45) is -0.605. The molecule has 0 aromatic heterocycles. The summed E-state index contributed by atoms with van der Waals surface area (Å²) in [5.74, 6) is -1.26. The van der Waals surface area contributed by atoms with Gasteiger partial charge in [0.15, 0.2) is 0 Å². The van der Waals surface area contributed by atoms with Crippen LogP contribution in [0.1, 0.15) is 31.4 Å². The fourth-order valence-corrected chi connectivity index (χ4v) is 3.51. The summed E-state index contributed by atoms with van der Waals surface area (Å²) in [5, 5.41) is 14.5. The molecular weight excluding hydrogens is 421 g/mol. The van der Waals surface area contributed by atoms with Gasteiger partial charge in [0.1, 0.15) is 23.6 Å². The molecular formula is C24H29F3N2O3. The minimum atomic E-state index is -0.781. The summed E-state index contributed by atoms with van der Waals surface area (Å²) in [6, 6.07) is 9.46. The molecule has 2 aromatic carbocycles. The average Bonchev–Trinajstić information content (AvgIpc) is 3.18. The summed E-state index contributed by atoms with van der Waals surface area (Å²) in [4.78, 5) is 7.39. The van der Waals surface area contributed by atoms with Crippen LogP contribution in [0.4, 0.5) is 13.2 Å².